The Morgan fingerprint density at radius 3 is 2.80 bits per heavy atom. The van der Waals surface area contributed by atoms with Crippen LogP contribution in [0.3, 0.4) is 0 Å². The van der Waals surface area contributed by atoms with Crippen LogP contribution in [0.4, 0.5) is 0 Å². The van der Waals surface area contributed by atoms with Gasteiger partial charge in [0.2, 0.25) is 0 Å². The molecule has 2 N–H and O–H groups in total. The molecule has 0 aliphatic carbocycles. The zero-order valence-electron chi connectivity index (χ0n) is 8.83. The number of hydrogen-bond donors (Lipinski definition) is 1. The standard InChI is InChI=1S/C12H15BrN2/c1-2-15-11(5-6-14)7-9-3-4-10(13)8-12(9)15/h3-4,7-8H,2,5-6,14H2,1H3. The van der Waals surface area contributed by atoms with Gasteiger partial charge in [0.05, 0.1) is 0 Å². The lowest BCUT2D eigenvalue weighted by molar-refractivity contribution is 0.732. The highest BCUT2D eigenvalue weighted by Crippen LogP contribution is 2.23. The van der Waals surface area contributed by atoms with Gasteiger partial charge in [0.1, 0.15) is 0 Å². The lowest BCUT2D eigenvalue weighted by Gasteiger charge is -2.06. The molecule has 1 heterocycles. The molecule has 0 aliphatic rings. The predicted molar refractivity (Wildman–Crippen MR) is 68.1 cm³/mol. The summed E-state index contributed by atoms with van der Waals surface area (Å²) in [6, 6.07) is 8.62. The largest absolute Gasteiger partial charge is 0.345 e. The van der Waals surface area contributed by atoms with Crippen molar-refractivity contribution >= 4 is 26.8 Å². The predicted octanol–water partition coefficient (Wildman–Crippen LogP) is 2.92. The number of halogens is 1. The summed E-state index contributed by atoms with van der Waals surface area (Å²) in [5.41, 5.74) is 8.23. The quantitative estimate of drug-likeness (QED) is 0.910. The summed E-state index contributed by atoms with van der Waals surface area (Å²) in [7, 11) is 0. The van der Waals surface area contributed by atoms with Crippen molar-refractivity contribution in [3.8, 4) is 0 Å². The summed E-state index contributed by atoms with van der Waals surface area (Å²) < 4.78 is 3.45. The zero-order chi connectivity index (χ0) is 10.8. The number of nitrogens with zero attached hydrogens (tertiary/aromatic N) is 1. The van der Waals surface area contributed by atoms with E-state index in [-0.39, 0.29) is 0 Å². The van der Waals surface area contributed by atoms with Crippen LogP contribution >= 0.6 is 15.9 Å². The van der Waals surface area contributed by atoms with Gasteiger partial charge in [0.25, 0.3) is 0 Å². The number of nitrogens with two attached hydrogens (primary N) is 1. The molecule has 0 amide bonds. The van der Waals surface area contributed by atoms with Crippen molar-refractivity contribution in [2.45, 2.75) is 19.9 Å². The maximum Gasteiger partial charge on any atom is 0.0493 e. The molecule has 2 aromatic rings. The highest BCUT2D eigenvalue weighted by molar-refractivity contribution is 9.10. The van der Waals surface area contributed by atoms with E-state index in [4.69, 9.17) is 5.73 Å². The molecule has 0 spiro atoms. The molecule has 0 saturated heterocycles. The highest BCUT2D eigenvalue weighted by Gasteiger charge is 2.06. The first kappa shape index (κ1) is 10.7. The topological polar surface area (TPSA) is 30.9 Å². The van der Waals surface area contributed by atoms with Gasteiger partial charge in [-0.3, -0.25) is 0 Å². The number of fused-ring (bicyclic) bond motifs is 1. The van der Waals surface area contributed by atoms with Crippen LogP contribution in [-0.4, -0.2) is 11.1 Å². The van der Waals surface area contributed by atoms with E-state index < -0.39 is 0 Å². The van der Waals surface area contributed by atoms with Crippen molar-refractivity contribution in [3.63, 3.8) is 0 Å². The van der Waals surface area contributed by atoms with Crippen molar-refractivity contribution < 1.29 is 0 Å². The number of benzene rings is 1. The fraction of sp³-hybridized carbons (Fsp3) is 0.333. The second-order valence-electron chi connectivity index (χ2n) is 3.62. The SMILES string of the molecule is CCn1c(CCN)cc2ccc(Br)cc21. The van der Waals surface area contributed by atoms with Crippen LogP contribution in [-0.2, 0) is 13.0 Å². The molecule has 0 radical (unpaired) electrons. The van der Waals surface area contributed by atoms with E-state index in [1.54, 1.807) is 0 Å². The molecule has 0 fully saturated rings. The molecule has 0 aliphatic heterocycles. The van der Waals surface area contributed by atoms with Crippen molar-refractivity contribution in [1.82, 2.24) is 4.57 Å². The highest BCUT2D eigenvalue weighted by atomic mass is 79.9. The first-order valence-electron chi connectivity index (χ1n) is 5.24. The van der Waals surface area contributed by atoms with Gasteiger partial charge >= 0.3 is 0 Å². The molecule has 2 nitrogen and oxygen atoms in total. The van der Waals surface area contributed by atoms with E-state index in [1.807, 2.05) is 0 Å². The molecular formula is C12H15BrN2. The van der Waals surface area contributed by atoms with Gasteiger partial charge in [-0.25, -0.2) is 0 Å². The fourth-order valence-corrected chi connectivity index (χ4v) is 2.36. The second-order valence-corrected chi connectivity index (χ2v) is 4.54. The molecule has 1 aromatic carbocycles. The fourth-order valence-electron chi connectivity index (χ4n) is 2.01. The summed E-state index contributed by atoms with van der Waals surface area (Å²) in [6.07, 6.45) is 0.945. The van der Waals surface area contributed by atoms with Gasteiger partial charge in [-0.2, -0.15) is 0 Å². The molecule has 2 rings (SSSR count). The molecule has 0 unspecified atom stereocenters. The van der Waals surface area contributed by atoms with Gasteiger partial charge in [-0.15, -0.1) is 0 Å². The van der Waals surface area contributed by atoms with Crippen LogP contribution in [0, 0.1) is 0 Å². The average Bonchev–Trinajstić information content (AvgIpc) is 2.55. The van der Waals surface area contributed by atoms with Crippen molar-refractivity contribution in [3.05, 3.63) is 34.4 Å². The Balaban J connectivity index is 2.63. The number of aryl methyl sites for hydroxylation is 1. The Morgan fingerprint density at radius 1 is 1.33 bits per heavy atom. The maximum absolute atomic E-state index is 5.61. The van der Waals surface area contributed by atoms with Crippen LogP contribution in [0.25, 0.3) is 10.9 Å². The zero-order valence-corrected chi connectivity index (χ0v) is 10.4. The van der Waals surface area contributed by atoms with Gasteiger partial charge in [0.15, 0.2) is 0 Å². The number of rotatable bonds is 3. The van der Waals surface area contributed by atoms with E-state index in [9.17, 15) is 0 Å². The van der Waals surface area contributed by atoms with Gasteiger partial charge < -0.3 is 10.3 Å². The molecule has 0 saturated carbocycles. The third-order valence-corrected chi connectivity index (χ3v) is 3.16. The molecule has 0 bridgehead atoms. The van der Waals surface area contributed by atoms with Gasteiger partial charge in [-0.1, -0.05) is 22.0 Å². The van der Waals surface area contributed by atoms with Crippen LogP contribution in [0.15, 0.2) is 28.7 Å². The third-order valence-electron chi connectivity index (χ3n) is 2.67. The van der Waals surface area contributed by atoms with Crippen molar-refractivity contribution in [2.75, 3.05) is 6.54 Å². The smallest absolute Gasteiger partial charge is 0.0493 e. The van der Waals surface area contributed by atoms with Gasteiger partial charge in [0, 0.05) is 22.2 Å². The minimum absolute atomic E-state index is 0.706. The molecule has 3 heteroatoms. The van der Waals surface area contributed by atoms with Crippen molar-refractivity contribution in [1.29, 1.82) is 0 Å². The second kappa shape index (κ2) is 4.37. The summed E-state index contributed by atoms with van der Waals surface area (Å²) in [5, 5.41) is 1.29. The minimum atomic E-state index is 0.706. The first-order chi connectivity index (χ1) is 7.26. The number of aromatic nitrogens is 1. The molecule has 80 valence electrons. The van der Waals surface area contributed by atoms with E-state index in [0.29, 0.717) is 6.54 Å². The van der Waals surface area contributed by atoms with E-state index in [0.717, 1.165) is 17.4 Å². The normalized spacial score (nSPS) is 11.1. The Morgan fingerprint density at radius 2 is 2.13 bits per heavy atom. The van der Waals surface area contributed by atoms with E-state index in [2.05, 4.69) is 51.7 Å². The monoisotopic (exact) mass is 266 g/mol. The van der Waals surface area contributed by atoms with Crippen LogP contribution < -0.4 is 5.73 Å². The van der Waals surface area contributed by atoms with Crippen LogP contribution in [0.2, 0.25) is 0 Å². The average molecular weight is 267 g/mol. The summed E-state index contributed by atoms with van der Waals surface area (Å²) in [6.45, 7) is 3.87. The molecular weight excluding hydrogens is 252 g/mol. The Labute approximate surface area is 98.2 Å². The Bertz CT molecular complexity index is 474. The third kappa shape index (κ3) is 1.94. The summed E-state index contributed by atoms with van der Waals surface area (Å²) in [4.78, 5) is 0. The minimum Gasteiger partial charge on any atom is -0.345 e. The van der Waals surface area contributed by atoms with Crippen molar-refractivity contribution in [2.24, 2.45) is 5.73 Å². The lowest BCUT2D eigenvalue weighted by Crippen LogP contribution is -2.07. The van der Waals surface area contributed by atoms with Gasteiger partial charge in [-0.05, 0) is 43.5 Å². The molecule has 0 atom stereocenters. The maximum atomic E-state index is 5.61. The van der Waals surface area contributed by atoms with Crippen LogP contribution in [0.1, 0.15) is 12.6 Å². The van der Waals surface area contributed by atoms with E-state index in [1.165, 1.54) is 16.6 Å². The molecule has 15 heavy (non-hydrogen) atoms. The van der Waals surface area contributed by atoms with Crippen LogP contribution in [0.5, 0.6) is 0 Å². The lowest BCUT2D eigenvalue weighted by atomic mass is 10.2. The van der Waals surface area contributed by atoms with E-state index >= 15 is 0 Å². The Hall–Kier alpha value is -0.800. The Kier molecular flexibility index (Phi) is 3.12. The number of hydrogen-bond acceptors (Lipinski definition) is 1. The summed E-state index contributed by atoms with van der Waals surface area (Å²) >= 11 is 3.51. The summed E-state index contributed by atoms with van der Waals surface area (Å²) in [5.74, 6) is 0. The first-order valence-corrected chi connectivity index (χ1v) is 6.03. The molecule has 1 aromatic heterocycles.